The minimum absolute atomic E-state index is 0.895. The first-order valence-electron chi connectivity index (χ1n) is 14.7. The molecule has 2 nitrogen and oxygen atoms in total. The molecule has 0 bridgehead atoms. The molecule has 0 aliphatic carbocycles. The van der Waals surface area contributed by atoms with Crippen molar-refractivity contribution in [1.82, 2.24) is 0 Å². The van der Waals surface area contributed by atoms with Gasteiger partial charge >= 0.3 is 0 Å². The second kappa shape index (κ2) is 9.71. The highest BCUT2D eigenvalue weighted by atomic mass is 16.3. The van der Waals surface area contributed by atoms with Gasteiger partial charge in [0.2, 0.25) is 0 Å². The fourth-order valence-corrected chi connectivity index (χ4v) is 6.08. The molecule has 0 atom stereocenters. The molecule has 0 amide bonds. The molecule has 198 valence electrons. The smallest absolute Gasteiger partial charge is 0.136 e. The van der Waals surface area contributed by atoms with Crippen molar-refractivity contribution in [2.45, 2.75) is 53.4 Å². The maximum atomic E-state index is 6.46. The van der Waals surface area contributed by atoms with E-state index in [9.17, 15) is 0 Å². The van der Waals surface area contributed by atoms with E-state index in [0.29, 0.717) is 0 Å². The molecular weight excluding hydrogens is 488 g/mol. The summed E-state index contributed by atoms with van der Waals surface area (Å²) in [5.41, 5.74) is 14.0. The van der Waals surface area contributed by atoms with Crippen molar-refractivity contribution in [3.05, 3.63) is 107 Å². The zero-order chi connectivity index (χ0) is 27.4. The lowest BCUT2D eigenvalue weighted by molar-refractivity contribution is 0.664. The highest BCUT2D eigenvalue weighted by Crippen LogP contribution is 2.39. The van der Waals surface area contributed by atoms with E-state index >= 15 is 0 Å². The molecular formula is C38H34O2. The SMILES string of the molecule is CCc1cc(CC)cc(-c2ccc3c(c2)oc2cc4c(cc23)oc2cc(-c3cc(CC)cc(CC)c3)ccc24)c1. The first-order chi connectivity index (χ1) is 19.6. The highest BCUT2D eigenvalue weighted by molar-refractivity contribution is 6.15. The van der Waals surface area contributed by atoms with Crippen LogP contribution in [0.3, 0.4) is 0 Å². The van der Waals surface area contributed by atoms with Crippen molar-refractivity contribution >= 4 is 43.9 Å². The van der Waals surface area contributed by atoms with Crippen LogP contribution in [0.15, 0.2) is 93.8 Å². The van der Waals surface area contributed by atoms with Crippen LogP contribution >= 0.6 is 0 Å². The Morgan fingerprint density at radius 2 is 0.700 bits per heavy atom. The van der Waals surface area contributed by atoms with E-state index in [2.05, 4.69) is 113 Å². The van der Waals surface area contributed by atoms with Gasteiger partial charge in [-0.3, -0.25) is 0 Å². The van der Waals surface area contributed by atoms with Crippen molar-refractivity contribution < 1.29 is 8.83 Å². The van der Waals surface area contributed by atoms with Gasteiger partial charge in [-0.2, -0.15) is 0 Å². The zero-order valence-electron chi connectivity index (χ0n) is 23.7. The van der Waals surface area contributed by atoms with E-state index < -0.39 is 0 Å². The van der Waals surface area contributed by atoms with Crippen molar-refractivity contribution in [2.24, 2.45) is 0 Å². The standard InChI is InChI=1S/C38H34O2/c1-5-23-13-24(6-2)16-29(15-23)27-9-11-31-33-21-38-34(22-37(33)39-35(31)19-27)32-12-10-28(20-36(32)40-38)30-17-25(7-3)14-26(8-4)18-30/h9-22H,5-8H2,1-4H3. The molecule has 40 heavy (non-hydrogen) atoms. The number of fused-ring (bicyclic) bond motifs is 6. The molecule has 7 aromatic rings. The summed E-state index contributed by atoms with van der Waals surface area (Å²) in [5.74, 6) is 0. The second-order valence-electron chi connectivity index (χ2n) is 11.0. The van der Waals surface area contributed by atoms with Gasteiger partial charge in [-0.15, -0.1) is 0 Å². The van der Waals surface area contributed by atoms with Crippen LogP contribution in [-0.2, 0) is 25.7 Å². The summed E-state index contributed by atoms with van der Waals surface area (Å²) in [7, 11) is 0. The molecule has 0 spiro atoms. The molecule has 0 aliphatic heterocycles. The van der Waals surface area contributed by atoms with E-state index in [4.69, 9.17) is 8.83 Å². The van der Waals surface area contributed by atoms with Crippen LogP contribution in [0.4, 0.5) is 0 Å². The number of hydrogen-bond donors (Lipinski definition) is 0. The number of furan rings is 2. The average Bonchev–Trinajstić information content (AvgIpc) is 3.55. The Balaban J connectivity index is 1.33. The third-order valence-corrected chi connectivity index (χ3v) is 8.47. The lowest BCUT2D eigenvalue weighted by Crippen LogP contribution is -1.88. The van der Waals surface area contributed by atoms with Gasteiger partial charge in [0.15, 0.2) is 0 Å². The molecule has 0 radical (unpaired) electrons. The fraction of sp³-hybridized carbons (Fsp3) is 0.211. The summed E-state index contributed by atoms with van der Waals surface area (Å²) >= 11 is 0. The topological polar surface area (TPSA) is 26.3 Å². The predicted octanol–water partition coefficient (Wildman–Crippen LogP) is 11.1. The van der Waals surface area contributed by atoms with Gasteiger partial charge < -0.3 is 8.83 Å². The molecule has 7 rings (SSSR count). The quantitative estimate of drug-likeness (QED) is 0.217. The molecule has 2 heteroatoms. The van der Waals surface area contributed by atoms with Crippen LogP contribution in [-0.4, -0.2) is 0 Å². The molecule has 2 aromatic heterocycles. The molecule has 0 unspecified atom stereocenters. The second-order valence-corrected chi connectivity index (χ2v) is 11.0. The van der Waals surface area contributed by atoms with Gasteiger partial charge in [0.25, 0.3) is 0 Å². The maximum absolute atomic E-state index is 6.46. The van der Waals surface area contributed by atoms with Gasteiger partial charge in [0, 0.05) is 21.5 Å². The van der Waals surface area contributed by atoms with Crippen LogP contribution in [0.2, 0.25) is 0 Å². The lowest BCUT2D eigenvalue weighted by atomic mass is 9.96. The van der Waals surface area contributed by atoms with Crippen LogP contribution in [0.25, 0.3) is 66.1 Å². The van der Waals surface area contributed by atoms with Crippen molar-refractivity contribution in [2.75, 3.05) is 0 Å². The van der Waals surface area contributed by atoms with Gasteiger partial charge in [-0.05, 0) is 107 Å². The van der Waals surface area contributed by atoms with Crippen LogP contribution in [0.5, 0.6) is 0 Å². The summed E-state index contributed by atoms with van der Waals surface area (Å²) < 4.78 is 12.9. The monoisotopic (exact) mass is 522 g/mol. The summed E-state index contributed by atoms with van der Waals surface area (Å²) in [6.45, 7) is 8.86. The predicted molar refractivity (Wildman–Crippen MR) is 169 cm³/mol. The van der Waals surface area contributed by atoms with E-state index in [1.54, 1.807) is 0 Å². The van der Waals surface area contributed by atoms with Gasteiger partial charge in [0.05, 0.1) is 0 Å². The third kappa shape index (κ3) is 4.10. The molecule has 2 heterocycles. The molecule has 0 N–H and O–H groups in total. The van der Waals surface area contributed by atoms with Crippen molar-refractivity contribution in [3.63, 3.8) is 0 Å². The summed E-state index contributed by atoms with van der Waals surface area (Å²) in [5, 5.41) is 4.42. The van der Waals surface area contributed by atoms with E-state index in [1.807, 2.05) is 0 Å². The molecule has 0 saturated heterocycles. The number of benzene rings is 5. The minimum Gasteiger partial charge on any atom is -0.456 e. The summed E-state index contributed by atoms with van der Waals surface area (Å²) in [6, 6.07) is 31.3. The lowest BCUT2D eigenvalue weighted by Gasteiger charge is -2.08. The highest BCUT2D eigenvalue weighted by Gasteiger charge is 2.15. The average molecular weight is 523 g/mol. The minimum atomic E-state index is 0.895. The first kappa shape index (κ1) is 24.7. The Bertz CT molecular complexity index is 1860. The Labute approximate surface area is 235 Å². The third-order valence-electron chi connectivity index (χ3n) is 8.47. The van der Waals surface area contributed by atoms with Crippen LogP contribution in [0.1, 0.15) is 49.9 Å². The maximum Gasteiger partial charge on any atom is 0.136 e. The van der Waals surface area contributed by atoms with Crippen molar-refractivity contribution in [3.8, 4) is 22.3 Å². The zero-order valence-corrected chi connectivity index (χ0v) is 23.7. The van der Waals surface area contributed by atoms with E-state index in [-0.39, 0.29) is 0 Å². The van der Waals surface area contributed by atoms with E-state index in [1.165, 1.54) is 44.5 Å². The van der Waals surface area contributed by atoms with Crippen LogP contribution < -0.4 is 0 Å². The van der Waals surface area contributed by atoms with Gasteiger partial charge in [-0.1, -0.05) is 76.2 Å². The normalized spacial score (nSPS) is 11.9. The first-order valence-corrected chi connectivity index (χ1v) is 14.7. The molecule has 5 aromatic carbocycles. The summed E-state index contributed by atoms with van der Waals surface area (Å²) in [6.07, 6.45) is 4.14. The molecule has 0 saturated carbocycles. The molecule has 0 aliphatic rings. The number of aryl methyl sites for hydroxylation is 4. The fourth-order valence-electron chi connectivity index (χ4n) is 6.08. The Morgan fingerprint density at radius 3 is 1.05 bits per heavy atom. The Morgan fingerprint density at radius 1 is 0.350 bits per heavy atom. The largest absolute Gasteiger partial charge is 0.456 e. The number of hydrogen-bond acceptors (Lipinski definition) is 2. The molecule has 0 fully saturated rings. The van der Waals surface area contributed by atoms with E-state index in [0.717, 1.165) is 69.6 Å². The van der Waals surface area contributed by atoms with Crippen LogP contribution in [0, 0.1) is 0 Å². The summed E-state index contributed by atoms with van der Waals surface area (Å²) in [4.78, 5) is 0. The Hall–Kier alpha value is -4.30. The van der Waals surface area contributed by atoms with Gasteiger partial charge in [-0.25, -0.2) is 0 Å². The van der Waals surface area contributed by atoms with Crippen molar-refractivity contribution in [1.29, 1.82) is 0 Å². The Kier molecular flexibility index (Phi) is 6.00. The van der Waals surface area contributed by atoms with Gasteiger partial charge in [0.1, 0.15) is 22.3 Å². The number of rotatable bonds is 6.